The average molecular weight is 323 g/mol. The van der Waals surface area contributed by atoms with E-state index in [9.17, 15) is 9.59 Å². The number of ether oxygens (including phenoxy) is 1. The van der Waals surface area contributed by atoms with Gasteiger partial charge in [0, 0.05) is 18.1 Å². The summed E-state index contributed by atoms with van der Waals surface area (Å²) in [7, 11) is 0. The van der Waals surface area contributed by atoms with Gasteiger partial charge in [-0.2, -0.15) is 0 Å². The number of carboxylic acids is 1. The lowest BCUT2D eigenvalue weighted by Gasteiger charge is -2.11. The second kappa shape index (κ2) is 7.09. The summed E-state index contributed by atoms with van der Waals surface area (Å²) in [6.45, 7) is 1.34. The number of pyridine rings is 1. The Labute approximate surface area is 132 Å². The number of aliphatic carboxylic acids is 1. The fraction of sp³-hybridized carbons (Fsp3) is 0.267. The number of hydrogen-bond acceptors (Lipinski definition) is 4. The minimum Gasteiger partial charge on any atom is -0.481 e. The molecular weight excluding hydrogens is 308 g/mol. The van der Waals surface area contributed by atoms with E-state index in [4.69, 9.17) is 21.4 Å². The van der Waals surface area contributed by atoms with Crippen molar-refractivity contribution in [3.8, 4) is 5.75 Å². The molecule has 1 aromatic heterocycles. The van der Waals surface area contributed by atoms with Gasteiger partial charge >= 0.3 is 5.97 Å². The maximum absolute atomic E-state index is 11.7. The van der Waals surface area contributed by atoms with E-state index in [1.165, 1.54) is 6.92 Å². The lowest BCUT2D eigenvalue weighted by Crippen LogP contribution is -2.34. The Kier molecular flexibility index (Phi) is 5.16. The number of rotatable bonds is 6. The molecule has 1 aromatic carbocycles. The van der Waals surface area contributed by atoms with Gasteiger partial charge in [-0.05, 0) is 24.3 Å². The molecule has 6 nitrogen and oxygen atoms in total. The van der Waals surface area contributed by atoms with Crippen LogP contribution in [-0.4, -0.2) is 35.1 Å². The van der Waals surface area contributed by atoms with E-state index in [-0.39, 0.29) is 13.2 Å². The van der Waals surface area contributed by atoms with Crippen molar-refractivity contribution >= 4 is 34.4 Å². The minimum atomic E-state index is -0.964. The molecule has 22 heavy (non-hydrogen) atoms. The third-order valence-electron chi connectivity index (χ3n) is 3.07. The number of carbonyl (C=O) groups is 2. The SMILES string of the molecule is CC(CNC(=O)COc1ccc(Cl)c2cccnc12)C(=O)O. The van der Waals surface area contributed by atoms with Gasteiger partial charge in [0.25, 0.3) is 5.91 Å². The number of carbonyl (C=O) groups excluding carboxylic acids is 1. The van der Waals surface area contributed by atoms with Crippen molar-refractivity contribution in [1.29, 1.82) is 0 Å². The highest BCUT2D eigenvalue weighted by molar-refractivity contribution is 6.35. The maximum Gasteiger partial charge on any atom is 0.308 e. The van der Waals surface area contributed by atoms with Crippen molar-refractivity contribution < 1.29 is 19.4 Å². The first-order valence-electron chi connectivity index (χ1n) is 6.64. The highest BCUT2D eigenvalue weighted by atomic mass is 35.5. The van der Waals surface area contributed by atoms with Gasteiger partial charge < -0.3 is 15.2 Å². The molecule has 0 aliphatic carbocycles. The van der Waals surface area contributed by atoms with E-state index in [2.05, 4.69) is 10.3 Å². The number of halogens is 1. The molecule has 7 heteroatoms. The zero-order valence-electron chi connectivity index (χ0n) is 11.9. The first-order chi connectivity index (χ1) is 10.5. The van der Waals surface area contributed by atoms with Crippen LogP contribution in [0.15, 0.2) is 30.5 Å². The maximum atomic E-state index is 11.7. The third kappa shape index (κ3) is 3.85. The van der Waals surface area contributed by atoms with Gasteiger partial charge in [0.2, 0.25) is 0 Å². The zero-order chi connectivity index (χ0) is 16.1. The van der Waals surface area contributed by atoms with Crippen molar-refractivity contribution in [2.45, 2.75) is 6.92 Å². The molecule has 0 aliphatic rings. The molecule has 1 amide bonds. The molecule has 2 rings (SSSR count). The molecule has 0 saturated heterocycles. The van der Waals surface area contributed by atoms with Crippen molar-refractivity contribution in [2.24, 2.45) is 5.92 Å². The topological polar surface area (TPSA) is 88.5 Å². The van der Waals surface area contributed by atoms with Gasteiger partial charge in [-0.15, -0.1) is 0 Å². The van der Waals surface area contributed by atoms with Crippen LogP contribution in [0.1, 0.15) is 6.92 Å². The van der Waals surface area contributed by atoms with Crippen molar-refractivity contribution in [3.63, 3.8) is 0 Å². The Bertz CT molecular complexity index is 705. The molecule has 2 N–H and O–H groups in total. The van der Waals surface area contributed by atoms with Crippen LogP contribution in [0.4, 0.5) is 0 Å². The predicted molar refractivity (Wildman–Crippen MR) is 82.1 cm³/mol. The second-order valence-corrected chi connectivity index (χ2v) is 5.18. The van der Waals surface area contributed by atoms with Crippen molar-refractivity contribution in [1.82, 2.24) is 10.3 Å². The second-order valence-electron chi connectivity index (χ2n) is 4.78. The van der Waals surface area contributed by atoms with E-state index in [0.717, 1.165) is 5.39 Å². The smallest absolute Gasteiger partial charge is 0.308 e. The zero-order valence-corrected chi connectivity index (χ0v) is 12.6. The summed E-state index contributed by atoms with van der Waals surface area (Å²) in [6.07, 6.45) is 1.61. The van der Waals surface area contributed by atoms with Crippen LogP contribution in [0.5, 0.6) is 5.75 Å². The summed E-state index contributed by atoms with van der Waals surface area (Å²) in [4.78, 5) is 26.5. The molecule has 1 atom stereocenters. The van der Waals surface area contributed by atoms with E-state index < -0.39 is 17.8 Å². The number of hydrogen-bond donors (Lipinski definition) is 2. The van der Waals surface area contributed by atoms with Gasteiger partial charge in [0.1, 0.15) is 11.3 Å². The molecular formula is C15H15ClN2O4. The van der Waals surface area contributed by atoms with Crippen molar-refractivity contribution in [2.75, 3.05) is 13.2 Å². The quantitative estimate of drug-likeness (QED) is 0.850. The summed E-state index contributed by atoms with van der Waals surface area (Å²) in [5.74, 6) is -1.57. The number of carboxylic acid groups (broad SMARTS) is 1. The summed E-state index contributed by atoms with van der Waals surface area (Å²) in [6, 6.07) is 6.89. The van der Waals surface area contributed by atoms with Gasteiger partial charge in [-0.3, -0.25) is 14.6 Å². The Morgan fingerprint density at radius 1 is 1.41 bits per heavy atom. The van der Waals surface area contributed by atoms with Crippen LogP contribution >= 0.6 is 11.6 Å². The van der Waals surface area contributed by atoms with Crippen LogP contribution in [-0.2, 0) is 9.59 Å². The largest absolute Gasteiger partial charge is 0.481 e. The molecule has 1 heterocycles. The molecule has 2 aromatic rings. The van der Waals surface area contributed by atoms with E-state index in [0.29, 0.717) is 16.3 Å². The van der Waals surface area contributed by atoms with Crippen LogP contribution in [0, 0.1) is 5.92 Å². The highest BCUT2D eigenvalue weighted by Gasteiger charge is 2.13. The molecule has 0 aliphatic heterocycles. The van der Waals surface area contributed by atoms with E-state index >= 15 is 0 Å². The lowest BCUT2D eigenvalue weighted by molar-refractivity contribution is -0.141. The molecule has 0 saturated carbocycles. The molecule has 0 spiro atoms. The standard InChI is InChI=1S/C15H15ClN2O4/c1-9(15(20)21)7-18-13(19)8-22-12-5-4-11(16)10-3-2-6-17-14(10)12/h2-6,9H,7-8H2,1H3,(H,18,19)(H,20,21). The van der Waals surface area contributed by atoms with E-state index in [1.54, 1.807) is 24.4 Å². The predicted octanol–water partition coefficient (Wildman–Crippen LogP) is 2.10. The number of nitrogens with zero attached hydrogens (tertiary/aromatic N) is 1. The lowest BCUT2D eigenvalue weighted by atomic mass is 10.2. The molecule has 0 fully saturated rings. The normalized spacial score (nSPS) is 11.9. The minimum absolute atomic E-state index is 0.0527. The number of aromatic nitrogens is 1. The number of amides is 1. The summed E-state index contributed by atoms with van der Waals surface area (Å²) < 4.78 is 5.45. The van der Waals surface area contributed by atoms with Crippen molar-refractivity contribution in [3.05, 3.63) is 35.5 Å². The average Bonchev–Trinajstić information content (AvgIpc) is 2.52. The summed E-state index contributed by atoms with van der Waals surface area (Å²) in [5, 5.41) is 12.5. The van der Waals surface area contributed by atoms with Crippen LogP contribution < -0.4 is 10.1 Å². The van der Waals surface area contributed by atoms with Crippen LogP contribution in [0.2, 0.25) is 5.02 Å². The number of benzene rings is 1. The number of nitrogens with one attached hydrogen (secondary N) is 1. The summed E-state index contributed by atoms with van der Waals surface area (Å²) in [5.41, 5.74) is 0.571. The molecule has 1 unspecified atom stereocenters. The Hall–Kier alpha value is -2.34. The monoisotopic (exact) mass is 322 g/mol. The molecule has 116 valence electrons. The molecule has 0 radical (unpaired) electrons. The summed E-state index contributed by atoms with van der Waals surface area (Å²) >= 11 is 6.08. The first-order valence-corrected chi connectivity index (χ1v) is 7.02. The fourth-order valence-electron chi connectivity index (χ4n) is 1.78. The van der Waals surface area contributed by atoms with Gasteiger partial charge in [0.15, 0.2) is 6.61 Å². The molecule has 0 bridgehead atoms. The highest BCUT2D eigenvalue weighted by Crippen LogP contribution is 2.29. The van der Waals surface area contributed by atoms with Crippen LogP contribution in [0.25, 0.3) is 10.9 Å². The first kappa shape index (κ1) is 16.0. The van der Waals surface area contributed by atoms with E-state index in [1.807, 2.05) is 6.07 Å². The Morgan fingerprint density at radius 2 is 2.18 bits per heavy atom. The van der Waals surface area contributed by atoms with Gasteiger partial charge in [-0.25, -0.2) is 0 Å². The Morgan fingerprint density at radius 3 is 2.91 bits per heavy atom. The Balaban J connectivity index is 1.99. The van der Waals surface area contributed by atoms with Gasteiger partial charge in [-0.1, -0.05) is 18.5 Å². The third-order valence-corrected chi connectivity index (χ3v) is 3.39. The van der Waals surface area contributed by atoms with Crippen LogP contribution in [0.3, 0.4) is 0 Å². The number of fused-ring (bicyclic) bond motifs is 1. The van der Waals surface area contributed by atoms with Gasteiger partial charge in [0.05, 0.1) is 10.9 Å². The fourth-order valence-corrected chi connectivity index (χ4v) is 1.99.